The molecule has 2 heterocycles. The van der Waals surface area contributed by atoms with Gasteiger partial charge in [-0.3, -0.25) is 4.98 Å². The Morgan fingerprint density at radius 1 is 1.12 bits per heavy atom. The van der Waals surface area contributed by atoms with Gasteiger partial charge in [-0.25, -0.2) is 9.97 Å². The van der Waals surface area contributed by atoms with E-state index in [0.29, 0.717) is 6.54 Å². The van der Waals surface area contributed by atoms with Crippen LogP contribution in [0.15, 0.2) is 36.8 Å². The van der Waals surface area contributed by atoms with E-state index in [2.05, 4.69) is 15.0 Å². The molecule has 0 radical (unpaired) electrons. The lowest BCUT2D eigenvalue weighted by molar-refractivity contribution is 0.839. The van der Waals surface area contributed by atoms with E-state index >= 15 is 0 Å². The summed E-state index contributed by atoms with van der Waals surface area (Å²) in [4.78, 5) is 14.8. The van der Waals surface area contributed by atoms with Gasteiger partial charge in [-0.15, -0.1) is 0 Å². The number of hydrogen-bond donors (Lipinski definition) is 0. The average Bonchev–Trinajstić information content (AvgIpc) is 2.31. The third kappa shape index (κ3) is 2.53. The molecule has 0 atom stereocenters. The first-order valence-electron chi connectivity index (χ1n) is 5.15. The molecular weight excluding hydrogens is 200 g/mol. The van der Waals surface area contributed by atoms with E-state index < -0.39 is 0 Å². The molecule has 0 fully saturated rings. The van der Waals surface area contributed by atoms with Crippen LogP contribution >= 0.6 is 0 Å². The van der Waals surface area contributed by atoms with E-state index in [1.54, 1.807) is 6.20 Å². The van der Waals surface area contributed by atoms with Crippen molar-refractivity contribution in [2.45, 2.75) is 13.5 Å². The summed E-state index contributed by atoms with van der Waals surface area (Å²) in [6.45, 7) is 2.69. The zero-order valence-corrected chi connectivity index (χ0v) is 9.46. The lowest BCUT2D eigenvalue weighted by Crippen LogP contribution is -2.19. The van der Waals surface area contributed by atoms with Crippen molar-refractivity contribution in [1.82, 2.24) is 15.0 Å². The number of hydrogen-bond acceptors (Lipinski definition) is 4. The summed E-state index contributed by atoms with van der Waals surface area (Å²) in [5.41, 5.74) is 2.07. The van der Waals surface area contributed by atoms with Crippen LogP contribution in [0.2, 0.25) is 0 Å². The normalized spacial score (nSPS) is 10.1. The van der Waals surface area contributed by atoms with Gasteiger partial charge in [-0.05, 0) is 24.6 Å². The van der Waals surface area contributed by atoms with Gasteiger partial charge in [0.2, 0.25) is 5.95 Å². The van der Waals surface area contributed by atoms with Gasteiger partial charge < -0.3 is 4.90 Å². The minimum absolute atomic E-state index is 0.712. The summed E-state index contributed by atoms with van der Waals surface area (Å²) in [6.07, 6.45) is 5.42. The zero-order chi connectivity index (χ0) is 11.4. The smallest absolute Gasteiger partial charge is 0.225 e. The van der Waals surface area contributed by atoms with Gasteiger partial charge >= 0.3 is 0 Å². The highest BCUT2D eigenvalue weighted by Gasteiger charge is 2.04. The van der Waals surface area contributed by atoms with Crippen molar-refractivity contribution in [2.75, 3.05) is 11.9 Å². The number of nitrogens with zero attached hydrogens (tertiary/aromatic N) is 4. The molecule has 2 rings (SSSR count). The average molecular weight is 214 g/mol. The van der Waals surface area contributed by atoms with Gasteiger partial charge in [0, 0.05) is 25.6 Å². The Hall–Kier alpha value is -1.97. The molecule has 0 aromatic carbocycles. The molecule has 0 saturated carbocycles. The highest BCUT2D eigenvalue weighted by Crippen LogP contribution is 2.07. The second kappa shape index (κ2) is 4.70. The lowest BCUT2D eigenvalue weighted by Gasteiger charge is -2.15. The maximum Gasteiger partial charge on any atom is 0.225 e. The predicted molar refractivity (Wildman–Crippen MR) is 63.1 cm³/mol. The van der Waals surface area contributed by atoms with E-state index in [-0.39, 0.29) is 0 Å². The second-order valence-electron chi connectivity index (χ2n) is 3.74. The third-order valence-corrected chi connectivity index (χ3v) is 2.23. The summed E-state index contributed by atoms with van der Waals surface area (Å²) in [5, 5.41) is 0. The van der Waals surface area contributed by atoms with Gasteiger partial charge in [-0.2, -0.15) is 0 Å². The van der Waals surface area contributed by atoms with Crippen LogP contribution in [0, 0.1) is 6.92 Å². The number of pyridine rings is 1. The van der Waals surface area contributed by atoms with Gasteiger partial charge in [-0.1, -0.05) is 6.07 Å². The van der Waals surface area contributed by atoms with Crippen LogP contribution in [0.5, 0.6) is 0 Å². The zero-order valence-electron chi connectivity index (χ0n) is 9.46. The minimum atomic E-state index is 0.712. The van der Waals surface area contributed by atoms with Crippen molar-refractivity contribution in [3.63, 3.8) is 0 Å². The molecule has 0 bridgehead atoms. The van der Waals surface area contributed by atoms with Crippen LogP contribution in [-0.4, -0.2) is 22.0 Å². The van der Waals surface area contributed by atoms with Gasteiger partial charge in [0.1, 0.15) is 0 Å². The predicted octanol–water partition coefficient (Wildman–Crippen LogP) is 1.82. The van der Waals surface area contributed by atoms with Crippen molar-refractivity contribution < 1.29 is 0 Å². The topological polar surface area (TPSA) is 41.9 Å². The molecule has 0 unspecified atom stereocenters. The summed E-state index contributed by atoms with van der Waals surface area (Å²) in [6, 6.07) is 5.88. The minimum Gasteiger partial charge on any atom is -0.338 e. The molecule has 0 saturated heterocycles. The Bertz CT molecular complexity index is 438. The van der Waals surface area contributed by atoms with Crippen molar-refractivity contribution >= 4 is 5.95 Å². The Labute approximate surface area is 95.0 Å². The molecule has 2 aromatic heterocycles. The van der Waals surface area contributed by atoms with E-state index in [4.69, 9.17) is 0 Å². The van der Waals surface area contributed by atoms with E-state index in [1.165, 1.54) is 0 Å². The summed E-state index contributed by atoms with van der Waals surface area (Å²) < 4.78 is 0. The van der Waals surface area contributed by atoms with Crippen molar-refractivity contribution in [1.29, 1.82) is 0 Å². The lowest BCUT2D eigenvalue weighted by atomic mass is 10.3. The molecule has 4 nitrogen and oxygen atoms in total. The van der Waals surface area contributed by atoms with Crippen LogP contribution in [-0.2, 0) is 6.54 Å². The number of anilines is 1. The van der Waals surface area contributed by atoms with Crippen LogP contribution in [0.3, 0.4) is 0 Å². The quantitative estimate of drug-likeness (QED) is 0.781. The number of aromatic nitrogens is 3. The number of aryl methyl sites for hydroxylation is 1. The molecular formula is C12H14N4. The molecule has 82 valence electrons. The fourth-order valence-electron chi connectivity index (χ4n) is 1.39. The van der Waals surface area contributed by atoms with E-state index in [1.807, 2.05) is 49.5 Å². The molecule has 16 heavy (non-hydrogen) atoms. The second-order valence-corrected chi connectivity index (χ2v) is 3.74. The third-order valence-electron chi connectivity index (χ3n) is 2.23. The Kier molecular flexibility index (Phi) is 3.10. The summed E-state index contributed by atoms with van der Waals surface area (Å²) in [7, 11) is 1.96. The molecule has 0 aliphatic carbocycles. The fourth-order valence-corrected chi connectivity index (χ4v) is 1.39. The molecule has 0 N–H and O–H groups in total. The first kappa shape index (κ1) is 10.5. The van der Waals surface area contributed by atoms with E-state index in [0.717, 1.165) is 17.2 Å². The fraction of sp³-hybridized carbons (Fsp3) is 0.250. The molecule has 0 aliphatic heterocycles. The van der Waals surface area contributed by atoms with Crippen molar-refractivity contribution in [2.24, 2.45) is 0 Å². The van der Waals surface area contributed by atoms with Crippen LogP contribution in [0.4, 0.5) is 5.95 Å². The summed E-state index contributed by atoms with van der Waals surface area (Å²) >= 11 is 0. The molecule has 0 aliphatic rings. The van der Waals surface area contributed by atoms with E-state index in [9.17, 15) is 0 Å². The van der Waals surface area contributed by atoms with Gasteiger partial charge in [0.05, 0.1) is 12.2 Å². The van der Waals surface area contributed by atoms with Crippen molar-refractivity contribution in [3.8, 4) is 0 Å². The molecule has 4 heteroatoms. The number of rotatable bonds is 3. The summed E-state index contributed by atoms with van der Waals surface area (Å²) in [5.74, 6) is 0.719. The molecule has 0 amide bonds. The first-order chi connectivity index (χ1) is 7.75. The van der Waals surface area contributed by atoms with Crippen LogP contribution in [0.25, 0.3) is 0 Å². The highest BCUT2D eigenvalue weighted by atomic mass is 15.2. The van der Waals surface area contributed by atoms with Gasteiger partial charge in [0.15, 0.2) is 0 Å². The largest absolute Gasteiger partial charge is 0.338 e. The first-order valence-corrected chi connectivity index (χ1v) is 5.15. The Morgan fingerprint density at radius 2 is 1.88 bits per heavy atom. The maximum atomic E-state index is 4.26. The maximum absolute atomic E-state index is 4.26. The standard InChI is InChI=1S/C12H14N4/c1-10-7-14-12(15-8-10)16(2)9-11-5-3-4-6-13-11/h3-8H,9H2,1-2H3. The monoisotopic (exact) mass is 214 g/mol. The SMILES string of the molecule is Cc1cnc(N(C)Cc2ccccn2)nc1. The van der Waals surface area contributed by atoms with Crippen LogP contribution < -0.4 is 4.90 Å². The van der Waals surface area contributed by atoms with Crippen molar-refractivity contribution in [3.05, 3.63) is 48.0 Å². The molecule has 2 aromatic rings. The highest BCUT2D eigenvalue weighted by molar-refractivity contribution is 5.29. The molecule has 0 spiro atoms. The van der Waals surface area contributed by atoms with Gasteiger partial charge in [0.25, 0.3) is 0 Å². The van der Waals surface area contributed by atoms with Crippen LogP contribution in [0.1, 0.15) is 11.3 Å². The Balaban J connectivity index is 2.09. The Morgan fingerprint density at radius 3 is 2.50 bits per heavy atom.